The van der Waals surface area contributed by atoms with Crippen LogP contribution in [0.5, 0.6) is 0 Å². The van der Waals surface area contributed by atoms with Crippen molar-refractivity contribution in [2.75, 3.05) is 19.7 Å². The molecule has 19 heavy (non-hydrogen) atoms. The molecule has 0 aliphatic carbocycles. The van der Waals surface area contributed by atoms with E-state index < -0.39 is 11.7 Å². The van der Waals surface area contributed by atoms with Gasteiger partial charge in [-0.1, -0.05) is 0 Å². The number of hydrogen-bond acceptors (Lipinski definition) is 4. The van der Waals surface area contributed by atoms with Gasteiger partial charge in [-0.2, -0.15) is 0 Å². The van der Waals surface area contributed by atoms with Gasteiger partial charge >= 0.3 is 0 Å². The van der Waals surface area contributed by atoms with E-state index in [1.54, 1.807) is 0 Å². The van der Waals surface area contributed by atoms with Crippen LogP contribution in [0.4, 0.5) is 0 Å². The summed E-state index contributed by atoms with van der Waals surface area (Å²) in [4.78, 5) is 2.43. The van der Waals surface area contributed by atoms with E-state index in [1.807, 2.05) is 13.8 Å². The van der Waals surface area contributed by atoms with E-state index >= 15 is 0 Å². The lowest BCUT2D eigenvalue weighted by Gasteiger charge is -2.40. The Morgan fingerprint density at radius 3 is 2.32 bits per heavy atom. The van der Waals surface area contributed by atoms with E-state index in [0.717, 1.165) is 19.7 Å². The molecule has 112 valence electrons. The molecule has 2 heterocycles. The number of aliphatic hydroxyl groups excluding tert-OH is 1. The third-order valence-corrected chi connectivity index (χ3v) is 4.68. The Morgan fingerprint density at radius 1 is 1.16 bits per heavy atom. The second-order valence-corrected chi connectivity index (χ2v) is 7.31. The van der Waals surface area contributed by atoms with Gasteiger partial charge in [0.05, 0.1) is 30.0 Å². The van der Waals surface area contributed by atoms with Crippen LogP contribution in [-0.2, 0) is 9.47 Å². The average molecular weight is 271 g/mol. The number of ether oxygens (including phenoxy) is 2. The summed E-state index contributed by atoms with van der Waals surface area (Å²) in [6.07, 6.45) is -0.153. The molecule has 2 aliphatic heterocycles. The molecule has 0 amide bonds. The molecule has 0 aromatic carbocycles. The van der Waals surface area contributed by atoms with Crippen LogP contribution in [-0.4, -0.2) is 59.2 Å². The topological polar surface area (TPSA) is 41.9 Å². The molecule has 0 spiro atoms. The van der Waals surface area contributed by atoms with Crippen molar-refractivity contribution in [3.8, 4) is 0 Å². The lowest BCUT2D eigenvalue weighted by atomic mass is 9.84. The number of aliphatic hydroxyl groups is 1. The fourth-order valence-corrected chi connectivity index (χ4v) is 3.48. The normalized spacial score (nSPS) is 42.5. The largest absolute Gasteiger partial charge is 0.390 e. The number of hydrogen-bond donors (Lipinski definition) is 1. The molecule has 0 bridgehead atoms. The smallest absolute Gasteiger partial charge is 0.0896 e. The van der Waals surface area contributed by atoms with Gasteiger partial charge in [0.15, 0.2) is 0 Å². The first-order valence-electron chi connectivity index (χ1n) is 7.37. The highest BCUT2D eigenvalue weighted by atomic mass is 16.5. The van der Waals surface area contributed by atoms with Crippen LogP contribution in [0, 0.1) is 5.92 Å². The van der Waals surface area contributed by atoms with Crippen LogP contribution < -0.4 is 0 Å². The van der Waals surface area contributed by atoms with E-state index in [0.29, 0.717) is 6.04 Å². The predicted octanol–water partition coefficient (Wildman–Crippen LogP) is 1.66. The molecule has 4 unspecified atom stereocenters. The maximum absolute atomic E-state index is 10.6. The van der Waals surface area contributed by atoms with Crippen molar-refractivity contribution in [1.29, 1.82) is 0 Å². The second kappa shape index (κ2) is 4.99. The zero-order valence-electron chi connectivity index (χ0n) is 13.1. The highest BCUT2D eigenvalue weighted by Gasteiger charge is 2.53. The fraction of sp³-hybridized carbons (Fsp3) is 1.00. The molecule has 0 saturated carbocycles. The lowest BCUT2D eigenvalue weighted by Crippen LogP contribution is -2.52. The molecule has 2 fully saturated rings. The monoisotopic (exact) mass is 271 g/mol. The van der Waals surface area contributed by atoms with Crippen LogP contribution in [0.15, 0.2) is 0 Å². The average Bonchev–Trinajstić information content (AvgIpc) is 2.41. The summed E-state index contributed by atoms with van der Waals surface area (Å²) in [5, 5.41) is 10.6. The second-order valence-electron chi connectivity index (χ2n) is 7.31. The van der Waals surface area contributed by atoms with Gasteiger partial charge in [0, 0.05) is 25.0 Å². The fourth-order valence-electron chi connectivity index (χ4n) is 3.48. The van der Waals surface area contributed by atoms with Gasteiger partial charge < -0.3 is 14.6 Å². The standard InChI is InChI=1S/C15H29NO3/c1-10-9-18-11(2)7-16(10)8-12-13(17)15(5,6)19-14(12,3)4/h10-13,17H,7-9H2,1-6H3. The minimum Gasteiger partial charge on any atom is -0.390 e. The van der Waals surface area contributed by atoms with Crippen LogP contribution >= 0.6 is 0 Å². The SMILES string of the molecule is CC1CN(CC2C(O)C(C)(C)OC2(C)C)C(C)CO1. The van der Waals surface area contributed by atoms with Crippen LogP contribution in [0.1, 0.15) is 41.5 Å². The molecule has 0 aromatic heterocycles. The molecule has 4 atom stereocenters. The molecule has 2 saturated heterocycles. The Labute approximate surface area is 117 Å². The Hall–Kier alpha value is -0.160. The van der Waals surface area contributed by atoms with Crippen LogP contribution in [0.3, 0.4) is 0 Å². The first-order chi connectivity index (χ1) is 8.63. The summed E-state index contributed by atoms with van der Waals surface area (Å²) < 4.78 is 11.7. The minimum atomic E-state index is -0.463. The number of rotatable bonds is 2. The van der Waals surface area contributed by atoms with E-state index in [-0.39, 0.29) is 17.6 Å². The predicted molar refractivity (Wildman–Crippen MR) is 75.2 cm³/mol. The summed E-state index contributed by atoms with van der Waals surface area (Å²) in [6, 6.07) is 0.405. The minimum absolute atomic E-state index is 0.134. The molecule has 4 nitrogen and oxygen atoms in total. The van der Waals surface area contributed by atoms with Crippen molar-refractivity contribution in [1.82, 2.24) is 4.90 Å². The van der Waals surface area contributed by atoms with Gasteiger partial charge in [-0.25, -0.2) is 0 Å². The highest BCUT2D eigenvalue weighted by Crippen LogP contribution is 2.42. The summed E-state index contributed by atoms with van der Waals surface area (Å²) in [6.45, 7) is 15.0. The molecule has 1 N–H and O–H groups in total. The Balaban J connectivity index is 2.09. The van der Waals surface area contributed by atoms with Crippen molar-refractivity contribution in [3.05, 3.63) is 0 Å². The Morgan fingerprint density at radius 2 is 1.79 bits per heavy atom. The van der Waals surface area contributed by atoms with E-state index in [4.69, 9.17) is 9.47 Å². The van der Waals surface area contributed by atoms with Gasteiger partial charge in [0.2, 0.25) is 0 Å². The summed E-state index contributed by atoms with van der Waals surface area (Å²) in [7, 11) is 0. The highest BCUT2D eigenvalue weighted by molar-refractivity contribution is 5.03. The van der Waals surface area contributed by atoms with Gasteiger partial charge in [-0.3, -0.25) is 4.90 Å². The summed E-state index contributed by atoms with van der Waals surface area (Å²) in [5.74, 6) is 0.134. The number of nitrogens with zero attached hydrogens (tertiary/aromatic N) is 1. The molecular weight excluding hydrogens is 242 g/mol. The van der Waals surface area contributed by atoms with E-state index in [2.05, 4.69) is 32.6 Å². The van der Waals surface area contributed by atoms with Crippen molar-refractivity contribution < 1.29 is 14.6 Å². The van der Waals surface area contributed by atoms with Crippen molar-refractivity contribution in [2.24, 2.45) is 5.92 Å². The molecule has 4 heteroatoms. The first kappa shape index (κ1) is 15.2. The quantitative estimate of drug-likeness (QED) is 0.829. The third-order valence-electron chi connectivity index (χ3n) is 4.68. The van der Waals surface area contributed by atoms with Crippen LogP contribution in [0.2, 0.25) is 0 Å². The Bertz CT molecular complexity index is 329. The molecular formula is C15H29NO3. The van der Waals surface area contributed by atoms with Gasteiger partial charge in [0.25, 0.3) is 0 Å². The zero-order valence-corrected chi connectivity index (χ0v) is 13.1. The van der Waals surface area contributed by atoms with Crippen molar-refractivity contribution in [2.45, 2.75) is 71.0 Å². The van der Waals surface area contributed by atoms with Gasteiger partial charge in [0.1, 0.15) is 0 Å². The third kappa shape index (κ3) is 2.97. The Kier molecular flexibility index (Phi) is 4.00. The van der Waals surface area contributed by atoms with Gasteiger partial charge in [-0.15, -0.1) is 0 Å². The van der Waals surface area contributed by atoms with Crippen LogP contribution in [0.25, 0.3) is 0 Å². The van der Waals surface area contributed by atoms with Crippen molar-refractivity contribution in [3.63, 3.8) is 0 Å². The lowest BCUT2D eigenvalue weighted by molar-refractivity contribution is -0.0943. The van der Waals surface area contributed by atoms with Crippen molar-refractivity contribution >= 4 is 0 Å². The summed E-state index contributed by atoms with van der Waals surface area (Å²) >= 11 is 0. The maximum Gasteiger partial charge on any atom is 0.0896 e. The summed E-state index contributed by atoms with van der Waals surface area (Å²) in [5.41, 5.74) is -0.751. The first-order valence-corrected chi connectivity index (χ1v) is 7.37. The van der Waals surface area contributed by atoms with Gasteiger partial charge in [-0.05, 0) is 41.5 Å². The van der Waals surface area contributed by atoms with E-state index in [1.165, 1.54) is 0 Å². The zero-order chi connectivity index (χ0) is 14.4. The van der Waals surface area contributed by atoms with E-state index in [9.17, 15) is 5.11 Å². The molecule has 2 rings (SSSR count). The molecule has 2 aliphatic rings. The maximum atomic E-state index is 10.6. The molecule has 0 aromatic rings. The molecule has 0 radical (unpaired) electrons. The number of morpholine rings is 1.